The molecule has 0 aromatic heterocycles. The second kappa shape index (κ2) is 10.5. The molecule has 1 aromatic carbocycles. The quantitative estimate of drug-likeness (QED) is 0.593. The average molecular weight is 424 g/mol. The van der Waals surface area contributed by atoms with Gasteiger partial charge in [0, 0.05) is 5.57 Å². The third-order valence-electron chi connectivity index (χ3n) is 3.77. The Balaban J connectivity index is 2.77. The van der Waals surface area contributed by atoms with Crippen LogP contribution >= 0.6 is 0 Å². The molecule has 1 atom stereocenters. The summed E-state index contributed by atoms with van der Waals surface area (Å²) in [5.74, 6) is -0.0566. The number of hydrogen-bond donors (Lipinski definition) is 1. The molecule has 0 radical (unpaired) electrons. The van der Waals surface area contributed by atoms with E-state index in [4.69, 9.17) is 14.2 Å². The molecule has 30 heavy (non-hydrogen) atoms. The van der Waals surface area contributed by atoms with E-state index in [1.165, 1.54) is 0 Å². The van der Waals surface area contributed by atoms with Crippen LogP contribution in [0.3, 0.4) is 0 Å². The lowest BCUT2D eigenvalue weighted by Crippen LogP contribution is -2.43. The number of esters is 1. The SMILES string of the molecule is CC(C)[C@H](NC(=O)OC(C)(C)C)/C(=C/F)COc1ccc(C(=O)OC(C)(C)C)cc1. The van der Waals surface area contributed by atoms with Crippen LogP contribution in [0.25, 0.3) is 0 Å². The second-order valence-electron chi connectivity index (χ2n) is 9.37. The first-order valence-electron chi connectivity index (χ1n) is 9.96. The van der Waals surface area contributed by atoms with Gasteiger partial charge < -0.3 is 19.5 Å². The van der Waals surface area contributed by atoms with Crippen molar-refractivity contribution >= 4 is 12.1 Å². The highest BCUT2D eigenvalue weighted by Crippen LogP contribution is 2.19. The molecule has 0 spiro atoms. The van der Waals surface area contributed by atoms with Crippen molar-refractivity contribution in [1.29, 1.82) is 0 Å². The van der Waals surface area contributed by atoms with Gasteiger partial charge in [0.25, 0.3) is 0 Å². The minimum absolute atomic E-state index is 0.0685. The van der Waals surface area contributed by atoms with E-state index in [2.05, 4.69) is 5.32 Å². The normalized spacial score (nSPS) is 13.6. The van der Waals surface area contributed by atoms with Gasteiger partial charge in [0.05, 0.1) is 17.9 Å². The molecule has 1 rings (SSSR count). The summed E-state index contributed by atoms with van der Waals surface area (Å²) in [5.41, 5.74) is -0.574. The summed E-state index contributed by atoms with van der Waals surface area (Å²) in [6.45, 7) is 14.3. The van der Waals surface area contributed by atoms with Gasteiger partial charge in [-0.3, -0.25) is 0 Å². The molecular formula is C23H34FNO5. The number of carbonyl (C=O) groups is 2. The number of carbonyl (C=O) groups excluding carboxylic acids is 2. The van der Waals surface area contributed by atoms with E-state index in [9.17, 15) is 14.0 Å². The zero-order chi connectivity index (χ0) is 23.1. The molecule has 0 unspecified atom stereocenters. The Kier molecular flexibility index (Phi) is 8.88. The van der Waals surface area contributed by atoms with E-state index in [0.717, 1.165) is 0 Å². The summed E-state index contributed by atoms with van der Waals surface area (Å²) >= 11 is 0. The van der Waals surface area contributed by atoms with Gasteiger partial charge in [-0.25, -0.2) is 14.0 Å². The molecule has 168 valence electrons. The Hall–Kier alpha value is -2.57. The number of rotatable bonds is 7. The minimum atomic E-state index is -0.655. The fraction of sp³-hybridized carbons (Fsp3) is 0.565. The molecule has 7 heteroatoms. The topological polar surface area (TPSA) is 73.9 Å². The molecule has 0 heterocycles. The third kappa shape index (κ3) is 9.29. The number of benzene rings is 1. The Morgan fingerprint density at radius 3 is 1.97 bits per heavy atom. The first-order chi connectivity index (χ1) is 13.7. The van der Waals surface area contributed by atoms with Crippen LogP contribution < -0.4 is 10.1 Å². The van der Waals surface area contributed by atoms with Crippen molar-refractivity contribution in [2.75, 3.05) is 6.61 Å². The van der Waals surface area contributed by atoms with Gasteiger partial charge in [-0.1, -0.05) is 13.8 Å². The lowest BCUT2D eigenvalue weighted by Gasteiger charge is -2.27. The molecule has 0 aliphatic carbocycles. The van der Waals surface area contributed by atoms with Crippen LogP contribution in [0.5, 0.6) is 5.75 Å². The predicted molar refractivity (Wildman–Crippen MR) is 114 cm³/mol. The van der Waals surface area contributed by atoms with Gasteiger partial charge in [0.2, 0.25) is 0 Å². The molecule has 0 fully saturated rings. The molecule has 0 aliphatic heterocycles. The minimum Gasteiger partial charge on any atom is -0.489 e. The van der Waals surface area contributed by atoms with Gasteiger partial charge in [-0.05, 0) is 71.7 Å². The number of ether oxygens (including phenoxy) is 3. The smallest absolute Gasteiger partial charge is 0.408 e. The first kappa shape index (κ1) is 25.5. The highest BCUT2D eigenvalue weighted by atomic mass is 19.1. The summed E-state index contributed by atoms with van der Waals surface area (Å²) in [6, 6.07) is 5.80. The van der Waals surface area contributed by atoms with Crippen molar-refractivity contribution in [3.63, 3.8) is 0 Å². The molecule has 0 saturated heterocycles. The standard InChI is InChI=1S/C23H34FNO5/c1-15(2)19(25-21(27)30-23(6,7)8)17(13-24)14-28-18-11-9-16(10-12-18)20(26)29-22(3,4)5/h9-13,15,19H,14H2,1-8H3,(H,25,27)/b17-13+/t19-/m0/s1. The molecule has 6 nitrogen and oxygen atoms in total. The zero-order valence-electron chi connectivity index (χ0n) is 19.2. The van der Waals surface area contributed by atoms with Crippen molar-refractivity contribution in [3.05, 3.63) is 41.7 Å². The molecule has 1 aromatic rings. The molecule has 1 amide bonds. The second-order valence-corrected chi connectivity index (χ2v) is 9.37. The summed E-state index contributed by atoms with van der Waals surface area (Å²) in [4.78, 5) is 24.2. The van der Waals surface area contributed by atoms with Gasteiger partial charge in [0.15, 0.2) is 0 Å². The average Bonchev–Trinajstić information content (AvgIpc) is 2.58. The van der Waals surface area contributed by atoms with Crippen LogP contribution in [0.4, 0.5) is 9.18 Å². The number of amides is 1. The van der Waals surface area contributed by atoms with Gasteiger partial charge in [0.1, 0.15) is 23.6 Å². The monoisotopic (exact) mass is 423 g/mol. The highest BCUT2D eigenvalue weighted by Gasteiger charge is 2.25. The highest BCUT2D eigenvalue weighted by molar-refractivity contribution is 5.89. The molecular weight excluding hydrogens is 389 g/mol. The zero-order valence-corrected chi connectivity index (χ0v) is 19.2. The van der Waals surface area contributed by atoms with E-state index in [1.807, 2.05) is 13.8 Å². The van der Waals surface area contributed by atoms with E-state index >= 15 is 0 Å². The van der Waals surface area contributed by atoms with Crippen molar-refractivity contribution < 1.29 is 28.2 Å². The van der Waals surface area contributed by atoms with Crippen LogP contribution in [0.15, 0.2) is 36.2 Å². The molecule has 0 aliphatic rings. The maximum Gasteiger partial charge on any atom is 0.408 e. The van der Waals surface area contributed by atoms with Gasteiger partial charge >= 0.3 is 12.1 Å². The van der Waals surface area contributed by atoms with E-state index < -0.39 is 29.3 Å². The fourth-order valence-electron chi connectivity index (χ4n) is 2.50. The van der Waals surface area contributed by atoms with Crippen molar-refractivity contribution in [3.8, 4) is 5.75 Å². The van der Waals surface area contributed by atoms with Crippen LogP contribution in [0.2, 0.25) is 0 Å². The van der Waals surface area contributed by atoms with Crippen LogP contribution in [-0.2, 0) is 9.47 Å². The fourth-order valence-corrected chi connectivity index (χ4v) is 2.50. The summed E-state index contributed by atoms with van der Waals surface area (Å²) < 4.78 is 29.8. The maximum absolute atomic E-state index is 13.6. The van der Waals surface area contributed by atoms with Crippen LogP contribution in [0, 0.1) is 5.92 Å². The lowest BCUT2D eigenvalue weighted by molar-refractivity contribution is 0.00692. The van der Waals surface area contributed by atoms with Crippen molar-refractivity contribution in [2.24, 2.45) is 5.92 Å². The van der Waals surface area contributed by atoms with E-state index in [0.29, 0.717) is 17.6 Å². The van der Waals surface area contributed by atoms with Crippen LogP contribution in [-0.4, -0.2) is 35.9 Å². The maximum atomic E-state index is 13.6. The van der Waals surface area contributed by atoms with Crippen LogP contribution in [0.1, 0.15) is 65.7 Å². The molecule has 1 N–H and O–H groups in total. The van der Waals surface area contributed by atoms with E-state index in [1.54, 1.807) is 65.8 Å². The Morgan fingerprint density at radius 1 is 1.00 bits per heavy atom. The van der Waals surface area contributed by atoms with E-state index in [-0.39, 0.29) is 18.1 Å². The Bertz CT molecular complexity index is 742. The Morgan fingerprint density at radius 2 is 1.53 bits per heavy atom. The summed E-state index contributed by atoms with van der Waals surface area (Å²) in [5, 5.41) is 2.70. The third-order valence-corrected chi connectivity index (χ3v) is 3.77. The van der Waals surface area contributed by atoms with Gasteiger partial charge in [-0.15, -0.1) is 0 Å². The van der Waals surface area contributed by atoms with Crippen molar-refractivity contribution in [1.82, 2.24) is 5.32 Å². The summed E-state index contributed by atoms with van der Waals surface area (Å²) in [7, 11) is 0. The molecule has 0 bridgehead atoms. The predicted octanol–water partition coefficient (Wildman–Crippen LogP) is 5.42. The Labute approximate surface area is 178 Å². The summed E-state index contributed by atoms with van der Waals surface area (Å²) in [6.07, 6.45) is -0.181. The van der Waals surface area contributed by atoms with Crippen molar-refractivity contribution in [2.45, 2.75) is 72.6 Å². The lowest BCUT2D eigenvalue weighted by atomic mass is 9.97. The van der Waals surface area contributed by atoms with Gasteiger partial charge in [-0.2, -0.15) is 0 Å². The number of halogens is 1. The molecule has 0 saturated carbocycles. The number of nitrogens with one attached hydrogen (secondary N) is 1. The number of hydrogen-bond acceptors (Lipinski definition) is 5. The largest absolute Gasteiger partial charge is 0.489 e. The number of alkyl carbamates (subject to hydrolysis) is 1. The first-order valence-corrected chi connectivity index (χ1v) is 9.96.